The maximum atomic E-state index is 10.6. The van der Waals surface area contributed by atoms with Crippen LogP contribution in [-0.2, 0) is 17.6 Å². The molecule has 0 heterocycles. The van der Waals surface area contributed by atoms with Gasteiger partial charge in [-0.2, -0.15) is 0 Å². The van der Waals surface area contributed by atoms with Crippen LogP contribution < -0.4 is 14.6 Å². The molecule has 0 aliphatic carbocycles. The summed E-state index contributed by atoms with van der Waals surface area (Å²) in [7, 11) is 1.54. The number of aryl methyl sites for hydroxylation is 1. The van der Waals surface area contributed by atoms with Crippen molar-refractivity contribution in [3.8, 4) is 11.5 Å². The second-order valence-electron chi connectivity index (χ2n) is 4.97. The summed E-state index contributed by atoms with van der Waals surface area (Å²) in [5.41, 5.74) is 1.91. The van der Waals surface area contributed by atoms with Gasteiger partial charge in [0, 0.05) is 12.4 Å². The lowest BCUT2D eigenvalue weighted by atomic mass is 10.1. The lowest BCUT2D eigenvalue weighted by Gasteiger charge is -2.12. The van der Waals surface area contributed by atoms with Crippen molar-refractivity contribution in [2.45, 2.75) is 19.3 Å². The molecule has 0 bridgehead atoms. The molecule has 2 rings (SSSR count). The molecular weight excluding hydrogens is 280 g/mol. The normalized spacial score (nSPS) is 10.2. The molecule has 0 atom stereocenters. The minimum atomic E-state index is -1.11. The van der Waals surface area contributed by atoms with E-state index >= 15 is 0 Å². The summed E-state index contributed by atoms with van der Waals surface area (Å²) in [5, 5.41) is 10.6. The summed E-state index contributed by atoms with van der Waals surface area (Å²) in [6.07, 6.45) is 1.71. The van der Waals surface area contributed by atoms with Crippen molar-refractivity contribution in [3.63, 3.8) is 0 Å². The topological polar surface area (TPSA) is 58.6 Å². The first-order valence-electron chi connectivity index (χ1n) is 7.22. The lowest BCUT2D eigenvalue weighted by molar-refractivity contribution is -0.304. The second-order valence-corrected chi connectivity index (χ2v) is 4.97. The quantitative estimate of drug-likeness (QED) is 0.700. The maximum absolute atomic E-state index is 10.6. The molecule has 0 amide bonds. The van der Waals surface area contributed by atoms with Gasteiger partial charge in [0.1, 0.15) is 0 Å². The molecule has 2 aromatic rings. The molecule has 0 spiro atoms. The van der Waals surface area contributed by atoms with E-state index in [1.54, 1.807) is 18.2 Å². The zero-order valence-corrected chi connectivity index (χ0v) is 12.6. The van der Waals surface area contributed by atoms with Gasteiger partial charge in [-0.1, -0.05) is 36.4 Å². The van der Waals surface area contributed by atoms with Crippen molar-refractivity contribution in [3.05, 3.63) is 59.7 Å². The lowest BCUT2D eigenvalue weighted by Crippen LogP contribution is -2.24. The summed E-state index contributed by atoms with van der Waals surface area (Å²) in [6.45, 7) is 0.574. The van der Waals surface area contributed by atoms with Crippen LogP contribution >= 0.6 is 0 Å². The van der Waals surface area contributed by atoms with Crippen LogP contribution in [0.5, 0.6) is 11.5 Å². The molecule has 0 saturated heterocycles. The van der Waals surface area contributed by atoms with Crippen LogP contribution in [0.3, 0.4) is 0 Å². The van der Waals surface area contributed by atoms with E-state index < -0.39 is 5.97 Å². The minimum Gasteiger partial charge on any atom is -0.550 e. The molecule has 0 unspecified atom stereocenters. The number of methoxy groups -OCH3 is 1. The number of carboxylic acids is 1. The van der Waals surface area contributed by atoms with Crippen LogP contribution in [0.4, 0.5) is 0 Å². The second kappa shape index (κ2) is 8.08. The fourth-order valence-electron chi connectivity index (χ4n) is 2.21. The molecule has 0 aromatic heterocycles. The highest BCUT2D eigenvalue weighted by atomic mass is 16.5. The van der Waals surface area contributed by atoms with Gasteiger partial charge in [-0.3, -0.25) is 0 Å². The molecule has 0 saturated carbocycles. The van der Waals surface area contributed by atoms with E-state index in [9.17, 15) is 9.90 Å². The first-order chi connectivity index (χ1) is 10.7. The molecule has 0 fully saturated rings. The number of hydrogen-bond donors (Lipinski definition) is 0. The number of hydrogen-bond acceptors (Lipinski definition) is 4. The van der Waals surface area contributed by atoms with E-state index in [1.807, 2.05) is 18.2 Å². The van der Waals surface area contributed by atoms with Gasteiger partial charge >= 0.3 is 0 Å². The molecule has 0 aliphatic rings. The molecule has 4 heteroatoms. The smallest absolute Gasteiger partial charge is 0.161 e. The SMILES string of the molecule is COc1cc(CC(=O)[O-])ccc1OCCCc1ccccc1. The Bertz CT molecular complexity index is 608. The molecule has 22 heavy (non-hydrogen) atoms. The molecule has 116 valence electrons. The van der Waals surface area contributed by atoms with E-state index in [4.69, 9.17) is 9.47 Å². The molecule has 0 N–H and O–H groups in total. The number of carboxylic acid groups (broad SMARTS) is 1. The zero-order valence-electron chi connectivity index (χ0n) is 12.6. The first-order valence-corrected chi connectivity index (χ1v) is 7.22. The van der Waals surface area contributed by atoms with Crippen molar-refractivity contribution in [1.29, 1.82) is 0 Å². The monoisotopic (exact) mass is 299 g/mol. The van der Waals surface area contributed by atoms with Crippen LogP contribution in [-0.4, -0.2) is 19.7 Å². The van der Waals surface area contributed by atoms with Gasteiger partial charge in [0.25, 0.3) is 0 Å². The standard InChI is InChI=1S/C18H20O4/c1-21-17-12-15(13-18(19)20)9-10-16(17)22-11-5-8-14-6-3-2-4-7-14/h2-4,6-7,9-10,12H,5,8,11,13H2,1H3,(H,19,20)/p-1. The Morgan fingerprint density at radius 3 is 2.50 bits per heavy atom. The van der Waals surface area contributed by atoms with Crippen molar-refractivity contribution in [2.24, 2.45) is 0 Å². The number of carbonyl (C=O) groups excluding carboxylic acids is 1. The van der Waals surface area contributed by atoms with Gasteiger partial charge in [0.2, 0.25) is 0 Å². The number of aliphatic carboxylic acids is 1. The van der Waals surface area contributed by atoms with E-state index in [2.05, 4.69) is 12.1 Å². The van der Waals surface area contributed by atoms with Gasteiger partial charge in [-0.25, -0.2) is 0 Å². The summed E-state index contributed by atoms with van der Waals surface area (Å²) in [6, 6.07) is 15.3. The third kappa shape index (κ3) is 4.81. The van der Waals surface area contributed by atoms with Crippen LogP contribution in [0.2, 0.25) is 0 Å². The van der Waals surface area contributed by atoms with E-state index in [0.29, 0.717) is 23.7 Å². The Morgan fingerprint density at radius 2 is 1.82 bits per heavy atom. The number of carbonyl (C=O) groups is 1. The molecule has 2 aromatic carbocycles. The molecule has 4 nitrogen and oxygen atoms in total. The molecule has 0 aliphatic heterocycles. The Morgan fingerprint density at radius 1 is 1.05 bits per heavy atom. The van der Waals surface area contributed by atoms with E-state index in [0.717, 1.165) is 12.8 Å². The molecular formula is C18H19O4-. The predicted molar refractivity (Wildman–Crippen MR) is 82.0 cm³/mol. The summed E-state index contributed by atoms with van der Waals surface area (Å²) >= 11 is 0. The third-order valence-electron chi connectivity index (χ3n) is 3.29. The highest BCUT2D eigenvalue weighted by Gasteiger charge is 2.06. The number of ether oxygens (including phenoxy) is 2. The molecule has 0 radical (unpaired) electrons. The first kappa shape index (κ1) is 15.9. The Labute approximate surface area is 130 Å². The summed E-state index contributed by atoms with van der Waals surface area (Å²) in [5.74, 6) is 0.0507. The van der Waals surface area contributed by atoms with Gasteiger partial charge in [-0.15, -0.1) is 0 Å². The number of benzene rings is 2. The number of rotatable bonds is 8. The van der Waals surface area contributed by atoms with Crippen LogP contribution in [0.25, 0.3) is 0 Å². The summed E-state index contributed by atoms with van der Waals surface area (Å²) in [4.78, 5) is 10.6. The third-order valence-corrected chi connectivity index (χ3v) is 3.29. The fourth-order valence-corrected chi connectivity index (χ4v) is 2.21. The minimum absolute atomic E-state index is 0.134. The Hall–Kier alpha value is -2.49. The van der Waals surface area contributed by atoms with Crippen LogP contribution in [0, 0.1) is 0 Å². The van der Waals surface area contributed by atoms with Gasteiger partial charge < -0.3 is 19.4 Å². The van der Waals surface area contributed by atoms with Gasteiger partial charge in [0.15, 0.2) is 11.5 Å². The summed E-state index contributed by atoms with van der Waals surface area (Å²) < 4.78 is 11.0. The van der Waals surface area contributed by atoms with Crippen molar-refractivity contribution >= 4 is 5.97 Å². The van der Waals surface area contributed by atoms with Crippen molar-refractivity contribution in [2.75, 3.05) is 13.7 Å². The van der Waals surface area contributed by atoms with Gasteiger partial charge in [0.05, 0.1) is 13.7 Å². The fraction of sp³-hybridized carbons (Fsp3) is 0.278. The maximum Gasteiger partial charge on any atom is 0.161 e. The highest BCUT2D eigenvalue weighted by Crippen LogP contribution is 2.28. The Balaban J connectivity index is 1.88. The van der Waals surface area contributed by atoms with Crippen molar-refractivity contribution in [1.82, 2.24) is 0 Å². The average Bonchev–Trinajstić information content (AvgIpc) is 2.53. The Kier molecular flexibility index (Phi) is 5.83. The highest BCUT2D eigenvalue weighted by molar-refractivity contribution is 5.68. The van der Waals surface area contributed by atoms with Crippen LogP contribution in [0.15, 0.2) is 48.5 Å². The largest absolute Gasteiger partial charge is 0.550 e. The average molecular weight is 299 g/mol. The predicted octanol–water partition coefficient (Wildman–Crippen LogP) is 2.00. The van der Waals surface area contributed by atoms with E-state index in [-0.39, 0.29) is 6.42 Å². The van der Waals surface area contributed by atoms with Crippen molar-refractivity contribution < 1.29 is 19.4 Å². The van der Waals surface area contributed by atoms with E-state index in [1.165, 1.54) is 12.7 Å². The zero-order chi connectivity index (χ0) is 15.8. The van der Waals surface area contributed by atoms with Gasteiger partial charge in [-0.05, 0) is 36.1 Å². The van der Waals surface area contributed by atoms with Crippen LogP contribution in [0.1, 0.15) is 17.5 Å².